The quantitative estimate of drug-likeness (QED) is 0.500. The van der Waals surface area contributed by atoms with Crippen LogP contribution in [0.1, 0.15) is 0 Å². The summed E-state index contributed by atoms with van der Waals surface area (Å²) < 4.78 is 1.07. The van der Waals surface area contributed by atoms with Crippen molar-refractivity contribution in [2.75, 3.05) is 0 Å². The summed E-state index contributed by atoms with van der Waals surface area (Å²) in [6.07, 6.45) is 0. The van der Waals surface area contributed by atoms with Crippen LogP contribution >= 0.6 is 11.3 Å². The Morgan fingerprint density at radius 2 is 1.78 bits per heavy atom. The van der Waals surface area contributed by atoms with Gasteiger partial charge in [-0.15, -0.1) is 11.3 Å². The molecule has 0 aliphatic heterocycles. The molecule has 3 nitrogen and oxygen atoms in total. The molecule has 0 aliphatic rings. The first-order valence-electron chi connectivity index (χ1n) is 5.47. The van der Waals surface area contributed by atoms with Crippen LogP contribution in [0.25, 0.3) is 20.5 Å². The molecule has 0 bridgehead atoms. The monoisotopic (exact) mass is 255 g/mol. The van der Waals surface area contributed by atoms with Gasteiger partial charge < -0.3 is 0 Å². The third-order valence-corrected chi connectivity index (χ3v) is 3.93. The van der Waals surface area contributed by atoms with Crippen LogP contribution in [0.2, 0.25) is 0 Å². The molecule has 0 saturated heterocycles. The van der Waals surface area contributed by atoms with E-state index in [1.54, 1.807) is 23.5 Å². The fourth-order valence-corrected chi connectivity index (χ4v) is 2.94. The number of thiophene rings is 1. The molecule has 1 heterocycles. The summed E-state index contributed by atoms with van der Waals surface area (Å²) in [7, 11) is 0. The Balaban J connectivity index is 2.14. The van der Waals surface area contributed by atoms with Crippen LogP contribution in [0.15, 0.2) is 54.6 Å². The second kappa shape index (κ2) is 4.23. The summed E-state index contributed by atoms with van der Waals surface area (Å²) in [5.74, 6) is 0. The van der Waals surface area contributed by atoms with Crippen molar-refractivity contribution < 1.29 is 4.92 Å². The number of nitro benzene ring substituents is 1. The van der Waals surface area contributed by atoms with E-state index in [0.717, 1.165) is 20.5 Å². The maximum atomic E-state index is 10.7. The van der Waals surface area contributed by atoms with E-state index in [0.29, 0.717) is 0 Å². The first-order valence-corrected chi connectivity index (χ1v) is 6.29. The van der Waals surface area contributed by atoms with E-state index < -0.39 is 0 Å². The Hall–Kier alpha value is -2.20. The molecule has 1 aromatic heterocycles. The van der Waals surface area contributed by atoms with E-state index in [4.69, 9.17) is 0 Å². The molecule has 3 aromatic rings. The highest BCUT2D eigenvalue weighted by molar-refractivity contribution is 7.22. The third kappa shape index (κ3) is 1.87. The van der Waals surface area contributed by atoms with Gasteiger partial charge in [-0.05, 0) is 23.1 Å². The Morgan fingerprint density at radius 3 is 2.50 bits per heavy atom. The molecule has 3 rings (SSSR count). The highest BCUT2D eigenvalue weighted by atomic mass is 32.1. The van der Waals surface area contributed by atoms with E-state index in [1.807, 2.05) is 42.5 Å². The smallest absolute Gasteiger partial charge is 0.258 e. The maximum absolute atomic E-state index is 10.7. The molecule has 18 heavy (non-hydrogen) atoms. The standard InChI is InChI=1S/C14H9NO2S/c16-15(17)12-6-7-13-11(8-12)9-14(18-13)10-4-2-1-3-5-10/h1-9H. The van der Waals surface area contributed by atoms with E-state index in [-0.39, 0.29) is 10.6 Å². The van der Waals surface area contributed by atoms with Crippen molar-refractivity contribution in [1.82, 2.24) is 0 Å². The van der Waals surface area contributed by atoms with Gasteiger partial charge in [0.1, 0.15) is 0 Å². The van der Waals surface area contributed by atoms with Gasteiger partial charge in [0, 0.05) is 21.7 Å². The van der Waals surface area contributed by atoms with Crippen LogP contribution in [-0.4, -0.2) is 4.92 Å². The Labute approximate surface area is 107 Å². The van der Waals surface area contributed by atoms with Crippen LogP contribution in [0.5, 0.6) is 0 Å². The summed E-state index contributed by atoms with van der Waals surface area (Å²) >= 11 is 1.65. The summed E-state index contributed by atoms with van der Waals surface area (Å²) in [4.78, 5) is 11.5. The highest BCUT2D eigenvalue weighted by Crippen LogP contribution is 2.34. The SMILES string of the molecule is O=[N+]([O-])c1ccc2sc(-c3ccccc3)cc2c1. The number of nitro groups is 1. The maximum Gasteiger partial charge on any atom is 0.270 e. The largest absolute Gasteiger partial charge is 0.270 e. The van der Waals surface area contributed by atoms with Crippen LogP contribution in [0.4, 0.5) is 5.69 Å². The van der Waals surface area contributed by atoms with Gasteiger partial charge in [0.2, 0.25) is 0 Å². The fraction of sp³-hybridized carbons (Fsp3) is 0. The summed E-state index contributed by atoms with van der Waals surface area (Å²) in [5, 5.41) is 11.7. The first-order chi connectivity index (χ1) is 8.74. The molecule has 0 radical (unpaired) electrons. The number of rotatable bonds is 2. The van der Waals surface area contributed by atoms with Crippen molar-refractivity contribution in [3.63, 3.8) is 0 Å². The second-order valence-corrected chi connectivity index (χ2v) is 5.04. The highest BCUT2D eigenvalue weighted by Gasteiger charge is 2.09. The second-order valence-electron chi connectivity index (χ2n) is 3.96. The van der Waals surface area contributed by atoms with Crippen LogP contribution in [0.3, 0.4) is 0 Å². The summed E-state index contributed by atoms with van der Waals surface area (Å²) in [6.45, 7) is 0. The molecule has 0 N–H and O–H groups in total. The van der Waals surface area contributed by atoms with E-state index in [9.17, 15) is 10.1 Å². The molecule has 0 atom stereocenters. The van der Waals surface area contributed by atoms with Crippen molar-refractivity contribution in [2.45, 2.75) is 0 Å². The molecule has 0 fully saturated rings. The molecule has 0 aliphatic carbocycles. The lowest BCUT2D eigenvalue weighted by molar-refractivity contribution is -0.384. The van der Waals surface area contributed by atoms with E-state index in [2.05, 4.69) is 0 Å². The molecule has 0 spiro atoms. The number of benzene rings is 2. The minimum Gasteiger partial charge on any atom is -0.258 e. The van der Waals surface area contributed by atoms with Gasteiger partial charge in [-0.2, -0.15) is 0 Å². The molecular weight excluding hydrogens is 246 g/mol. The van der Waals surface area contributed by atoms with Crippen molar-refractivity contribution in [3.8, 4) is 10.4 Å². The molecular formula is C14H9NO2S. The number of nitrogens with zero attached hydrogens (tertiary/aromatic N) is 1. The van der Waals surface area contributed by atoms with Gasteiger partial charge in [-0.1, -0.05) is 30.3 Å². The van der Waals surface area contributed by atoms with Crippen LogP contribution in [-0.2, 0) is 0 Å². The van der Waals surface area contributed by atoms with Gasteiger partial charge in [0.05, 0.1) is 4.92 Å². The van der Waals surface area contributed by atoms with Gasteiger partial charge >= 0.3 is 0 Å². The molecule has 0 amide bonds. The molecule has 4 heteroatoms. The van der Waals surface area contributed by atoms with E-state index >= 15 is 0 Å². The van der Waals surface area contributed by atoms with Gasteiger partial charge in [0.25, 0.3) is 5.69 Å². The first kappa shape index (κ1) is 10.9. The normalized spacial score (nSPS) is 10.7. The number of fused-ring (bicyclic) bond motifs is 1. The molecule has 88 valence electrons. The lowest BCUT2D eigenvalue weighted by Gasteiger charge is -1.93. The van der Waals surface area contributed by atoms with Crippen molar-refractivity contribution >= 4 is 27.1 Å². The lowest BCUT2D eigenvalue weighted by atomic mass is 10.1. The van der Waals surface area contributed by atoms with Crippen LogP contribution < -0.4 is 0 Å². The average Bonchev–Trinajstić information content (AvgIpc) is 2.82. The Bertz CT molecular complexity index is 719. The van der Waals surface area contributed by atoms with Crippen molar-refractivity contribution in [1.29, 1.82) is 0 Å². The summed E-state index contributed by atoms with van der Waals surface area (Å²) in [5.41, 5.74) is 1.28. The lowest BCUT2D eigenvalue weighted by Crippen LogP contribution is -1.85. The summed E-state index contributed by atoms with van der Waals surface area (Å²) in [6, 6.07) is 17.0. The van der Waals surface area contributed by atoms with E-state index in [1.165, 1.54) is 0 Å². The van der Waals surface area contributed by atoms with Gasteiger partial charge in [0.15, 0.2) is 0 Å². The predicted octanol–water partition coefficient (Wildman–Crippen LogP) is 4.48. The fourth-order valence-electron chi connectivity index (χ4n) is 1.89. The zero-order valence-electron chi connectivity index (χ0n) is 9.37. The van der Waals surface area contributed by atoms with Crippen LogP contribution in [0, 0.1) is 10.1 Å². The average molecular weight is 255 g/mol. The topological polar surface area (TPSA) is 43.1 Å². The third-order valence-electron chi connectivity index (χ3n) is 2.77. The zero-order chi connectivity index (χ0) is 12.5. The number of hydrogen-bond acceptors (Lipinski definition) is 3. The number of non-ortho nitro benzene ring substituents is 1. The molecule has 2 aromatic carbocycles. The van der Waals surface area contributed by atoms with Crippen molar-refractivity contribution in [3.05, 3.63) is 64.7 Å². The van der Waals surface area contributed by atoms with Gasteiger partial charge in [-0.3, -0.25) is 10.1 Å². The minimum absolute atomic E-state index is 0.139. The Morgan fingerprint density at radius 1 is 1.00 bits per heavy atom. The zero-order valence-corrected chi connectivity index (χ0v) is 10.2. The number of hydrogen-bond donors (Lipinski definition) is 0. The molecule has 0 saturated carbocycles. The Kier molecular flexibility index (Phi) is 2.57. The minimum atomic E-state index is -0.362. The van der Waals surface area contributed by atoms with Gasteiger partial charge in [-0.25, -0.2) is 0 Å². The molecule has 0 unspecified atom stereocenters. The predicted molar refractivity (Wildman–Crippen MR) is 73.9 cm³/mol. The van der Waals surface area contributed by atoms with Crippen molar-refractivity contribution in [2.24, 2.45) is 0 Å².